The van der Waals surface area contributed by atoms with Gasteiger partial charge in [-0.2, -0.15) is 0 Å². The number of fused-ring (bicyclic) bond motifs is 1. The summed E-state index contributed by atoms with van der Waals surface area (Å²) in [6.07, 6.45) is 2.24. The van der Waals surface area contributed by atoms with Crippen molar-refractivity contribution < 1.29 is 4.42 Å². The van der Waals surface area contributed by atoms with Gasteiger partial charge in [0, 0.05) is 45.9 Å². The summed E-state index contributed by atoms with van der Waals surface area (Å²) in [5.41, 5.74) is 7.78. The van der Waals surface area contributed by atoms with Gasteiger partial charge in [-0.1, -0.05) is 13.8 Å². The van der Waals surface area contributed by atoms with E-state index in [1.807, 2.05) is 13.8 Å². The molecule has 1 saturated heterocycles. The number of nitrogens with one attached hydrogen (secondary N) is 2. The van der Waals surface area contributed by atoms with E-state index in [0.717, 1.165) is 60.0 Å². The third kappa shape index (κ3) is 3.76. The molecule has 1 aliphatic heterocycles. The zero-order chi connectivity index (χ0) is 21.5. The SMILES string of the molecule is Cc1cc(-c2[nH]c3ccc(-c4nnc(C5CCCNC5)o4)cc3c2C(C)C)cc(C)n1. The van der Waals surface area contributed by atoms with E-state index in [-0.39, 0.29) is 0 Å². The van der Waals surface area contributed by atoms with Crippen LogP contribution in [0.4, 0.5) is 0 Å². The number of aromatic amines is 1. The quantitative estimate of drug-likeness (QED) is 0.461. The molecule has 160 valence electrons. The van der Waals surface area contributed by atoms with Crippen LogP contribution in [0.25, 0.3) is 33.6 Å². The van der Waals surface area contributed by atoms with E-state index in [2.05, 4.69) is 69.7 Å². The van der Waals surface area contributed by atoms with Crippen molar-refractivity contribution in [3.8, 4) is 22.7 Å². The van der Waals surface area contributed by atoms with Crippen molar-refractivity contribution in [1.82, 2.24) is 25.5 Å². The van der Waals surface area contributed by atoms with Crippen LogP contribution in [-0.4, -0.2) is 33.3 Å². The third-order valence-electron chi connectivity index (χ3n) is 6.12. The van der Waals surface area contributed by atoms with Crippen LogP contribution in [0.1, 0.15) is 61.4 Å². The minimum atomic E-state index is 0.307. The van der Waals surface area contributed by atoms with Crippen molar-refractivity contribution in [2.24, 2.45) is 0 Å². The molecule has 1 unspecified atom stereocenters. The fourth-order valence-electron chi connectivity index (χ4n) is 4.73. The highest BCUT2D eigenvalue weighted by Crippen LogP contribution is 2.38. The number of benzene rings is 1. The molecule has 6 heteroatoms. The molecule has 1 aliphatic rings. The molecule has 0 radical (unpaired) electrons. The Morgan fingerprint density at radius 3 is 2.55 bits per heavy atom. The van der Waals surface area contributed by atoms with Crippen LogP contribution in [0.3, 0.4) is 0 Å². The lowest BCUT2D eigenvalue weighted by molar-refractivity contribution is 0.380. The molecule has 0 aliphatic carbocycles. The molecule has 1 fully saturated rings. The maximum absolute atomic E-state index is 6.10. The monoisotopic (exact) mass is 415 g/mol. The maximum atomic E-state index is 6.10. The number of H-pyrrole nitrogens is 1. The van der Waals surface area contributed by atoms with Gasteiger partial charge in [0.1, 0.15) is 0 Å². The predicted molar refractivity (Wildman–Crippen MR) is 123 cm³/mol. The Morgan fingerprint density at radius 2 is 1.84 bits per heavy atom. The minimum Gasteiger partial charge on any atom is -0.420 e. The molecule has 1 aromatic carbocycles. The Labute approximate surface area is 182 Å². The number of hydrogen-bond acceptors (Lipinski definition) is 5. The van der Waals surface area contributed by atoms with E-state index >= 15 is 0 Å². The topological polar surface area (TPSA) is 79.6 Å². The van der Waals surface area contributed by atoms with Gasteiger partial charge in [0.25, 0.3) is 0 Å². The van der Waals surface area contributed by atoms with Crippen LogP contribution >= 0.6 is 0 Å². The molecule has 0 bridgehead atoms. The molecule has 0 saturated carbocycles. The van der Waals surface area contributed by atoms with Crippen molar-refractivity contribution in [3.05, 3.63) is 53.2 Å². The highest BCUT2D eigenvalue weighted by Gasteiger charge is 2.22. The highest BCUT2D eigenvalue weighted by molar-refractivity contribution is 5.93. The summed E-state index contributed by atoms with van der Waals surface area (Å²) in [5.74, 6) is 2.00. The van der Waals surface area contributed by atoms with Crippen LogP contribution in [0.2, 0.25) is 0 Å². The molecule has 2 N–H and O–H groups in total. The Balaban J connectivity index is 1.58. The normalized spacial score (nSPS) is 17.0. The molecule has 0 spiro atoms. The first-order valence-corrected chi connectivity index (χ1v) is 11.2. The summed E-state index contributed by atoms with van der Waals surface area (Å²) in [6.45, 7) is 10.5. The molecule has 31 heavy (non-hydrogen) atoms. The third-order valence-corrected chi connectivity index (χ3v) is 6.12. The number of aryl methyl sites for hydroxylation is 2. The zero-order valence-corrected chi connectivity index (χ0v) is 18.6. The molecule has 6 nitrogen and oxygen atoms in total. The van der Waals surface area contributed by atoms with Crippen LogP contribution in [0.15, 0.2) is 34.7 Å². The van der Waals surface area contributed by atoms with Crippen LogP contribution in [0, 0.1) is 13.8 Å². The molecule has 4 aromatic rings. The number of hydrogen-bond donors (Lipinski definition) is 2. The lowest BCUT2D eigenvalue weighted by Gasteiger charge is -2.18. The second-order valence-electron chi connectivity index (χ2n) is 8.96. The first-order valence-electron chi connectivity index (χ1n) is 11.2. The average molecular weight is 416 g/mol. The Hall–Kier alpha value is -2.99. The van der Waals surface area contributed by atoms with Gasteiger partial charge in [-0.05, 0) is 75.0 Å². The summed E-state index contributed by atoms with van der Waals surface area (Å²) >= 11 is 0. The van der Waals surface area contributed by atoms with E-state index in [0.29, 0.717) is 17.7 Å². The number of rotatable bonds is 4. The second-order valence-corrected chi connectivity index (χ2v) is 8.96. The van der Waals surface area contributed by atoms with Gasteiger partial charge in [0.2, 0.25) is 11.8 Å². The van der Waals surface area contributed by atoms with E-state index in [1.165, 1.54) is 16.5 Å². The second kappa shape index (κ2) is 7.93. The number of pyridine rings is 1. The largest absolute Gasteiger partial charge is 0.420 e. The minimum absolute atomic E-state index is 0.307. The van der Waals surface area contributed by atoms with Crippen molar-refractivity contribution in [2.45, 2.75) is 52.4 Å². The number of nitrogens with zero attached hydrogens (tertiary/aromatic N) is 3. The first kappa shape index (κ1) is 19.9. The number of aromatic nitrogens is 4. The Bertz CT molecular complexity index is 1210. The first-order chi connectivity index (χ1) is 15.0. The average Bonchev–Trinajstić information content (AvgIpc) is 3.38. The lowest BCUT2D eigenvalue weighted by atomic mass is 9.95. The van der Waals surface area contributed by atoms with E-state index < -0.39 is 0 Å². The summed E-state index contributed by atoms with van der Waals surface area (Å²) in [7, 11) is 0. The fourth-order valence-corrected chi connectivity index (χ4v) is 4.73. The van der Waals surface area contributed by atoms with Gasteiger partial charge in [-0.3, -0.25) is 4.98 Å². The van der Waals surface area contributed by atoms with Gasteiger partial charge in [-0.25, -0.2) is 0 Å². The van der Waals surface area contributed by atoms with Crippen LogP contribution in [-0.2, 0) is 0 Å². The highest BCUT2D eigenvalue weighted by atomic mass is 16.4. The zero-order valence-electron chi connectivity index (χ0n) is 18.6. The van der Waals surface area contributed by atoms with Crippen LogP contribution in [0.5, 0.6) is 0 Å². The van der Waals surface area contributed by atoms with Gasteiger partial charge >= 0.3 is 0 Å². The van der Waals surface area contributed by atoms with Gasteiger partial charge in [0.15, 0.2) is 0 Å². The standard InChI is InChI=1S/C25H29N5O/c1-14(2)22-20-12-17(24-29-30-25(31-24)18-6-5-9-26-13-18)7-8-21(20)28-23(22)19-10-15(3)27-16(4)11-19/h7-8,10-12,14,18,26,28H,5-6,9,13H2,1-4H3. The summed E-state index contributed by atoms with van der Waals surface area (Å²) in [5, 5.41) is 13.3. The molecule has 1 atom stereocenters. The maximum Gasteiger partial charge on any atom is 0.247 e. The van der Waals surface area contributed by atoms with E-state index in [9.17, 15) is 0 Å². The van der Waals surface area contributed by atoms with Crippen LogP contribution < -0.4 is 5.32 Å². The summed E-state index contributed by atoms with van der Waals surface area (Å²) < 4.78 is 6.10. The lowest BCUT2D eigenvalue weighted by Crippen LogP contribution is -2.28. The van der Waals surface area contributed by atoms with E-state index in [4.69, 9.17) is 4.42 Å². The smallest absolute Gasteiger partial charge is 0.247 e. The molecule has 5 rings (SSSR count). The molecule has 3 aromatic heterocycles. The molecular weight excluding hydrogens is 386 g/mol. The molecule has 0 amide bonds. The van der Waals surface area contributed by atoms with E-state index in [1.54, 1.807) is 0 Å². The molecular formula is C25H29N5O. The molecule has 4 heterocycles. The van der Waals surface area contributed by atoms with Gasteiger partial charge in [-0.15, -0.1) is 10.2 Å². The van der Waals surface area contributed by atoms with Crippen molar-refractivity contribution in [1.29, 1.82) is 0 Å². The van der Waals surface area contributed by atoms with Crippen molar-refractivity contribution in [2.75, 3.05) is 13.1 Å². The fraction of sp³-hybridized carbons (Fsp3) is 0.400. The van der Waals surface area contributed by atoms with Crippen molar-refractivity contribution in [3.63, 3.8) is 0 Å². The summed E-state index contributed by atoms with van der Waals surface area (Å²) in [6, 6.07) is 10.7. The van der Waals surface area contributed by atoms with Gasteiger partial charge in [0.05, 0.1) is 5.69 Å². The van der Waals surface area contributed by atoms with Crippen molar-refractivity contribution >= 4 is 10.9 Å². The Kier molecular flexibility index (Phi) is 5.10. The summed E-state index contributed by atoms with van der Waals surface area (Å²) in [4.78, 5) is 8.19. The Morgan fingerprint density at radius 1 is 1.03 bits per heavy atom. The van der Waals surface area contributed by atoms with Gasteiger partial charge < -0.3 is 14.7 Å². The number of piperidine rings is 1. The predicted octanol–water partition coefficient (Wildman–Crippen LogP) is 5.49.